The lowest BCUT2D eigenvalue weighted by atomic mass is 10.0. The van der Waals surface area contributed by atoms with Gasteiger partial charge in [-0.1, -0.05) is 20.8 Å². The summed E-state index contributed by atoms with van der Waals surface area (Å²) < 4.78 is 0. The average Bonchev–Trinajstić information content (AvgIpc) is 2.20. The number of hydrogen-bond donors (Lipinski definition) is 3. The largest absolute Gasteiger partial charge is 0.352 e. The molecule has 4 N–H and O–H groups in total. The molecule has 0 radical (unpaired) electrons. The van der Waals surface area contributed by atoms with E-state index >= 15 is 0 Å². The number of urea groups is 1. The van der Waals surface area contributed by atoms with Gasteiger partial charge in [0, 0.05) is 19.0 Å². The van der Waals surface area contributed by atoms with Crippen LogP contribution in [0.3, 0.4) is 0 Å². The summed E-state index contributed by atoms with van der Waals surface area (Å²) in [6.45, 7) is 6.40. The highest BCUT2D eigenvalue weighted by atomic mass is 16.2. The van der Waals surface area contributed by atoms with Crippen molar-refractivity contribution in [2.24, 2.45) is 5.73 Å². The molecule has 0 aromatic carbocycles. The van der Waals surface area contributed by atoms with Crippen molar-refractivity contribution in [1.29, 1.82) is 0 Å². The molecule has 0 aromatic heterocycles. The number of Topliss-reactive ketones (excluding diaryl/α,β-unsaturated/α-hetero) is 1. The molecule has 0 fully saturated rings. The highest BCUT2D eigenvalue weighted by Crippen LogP contribution is 2.02. The number of nitrogens with two attached hydrogens (primary N) is 1. The smallest absolute Gasteiger partial charge is 0.312 e. The Hall–Kier alpha value is -1.10. The van der Waals surface area contributed by atoms with Gasteiger partial charge in [0.1, 0.15) is 5.78 Å². The fourth-order valence-corrected chi connectivity index (χ4v) is 1.50. The van der Waals surface area contributed by atoms with E-state index in [-0.39, 0.29) is 17.9 Å². The topological polar surface area (TPSA) is 84.2 Å². The molecule has 0 saturated heterocycles. The lowest BCUT2D eigenvalue weighted by Gasteiger charge is -2.19. The zero-order valence-corrected chi connectivity index (χ0v) is 10.4. The van der Waals surface area contributed by atoms with E-state index in [4.69, 9.17) is 5.73 Å². The Bertz CT molecular complexity index is 229. The third-order valence-electron chi connectivity index (χ3n) is 2.24. The average molecular weight is 229 g/mol. The van der Waals surface area contributed by atoms with Crippen molar-refractivity contribution in [1.82, 2.24) is 10.6 Å². The minimum atomic E-state index is -0.518. The quantitative estimate of drug-likeness (QED) is 0.538. The van der Waals surface area contributed by atoms with E-state index in [0.717, 1.165) is 12.8 Å². The predicted molar refractivity (Wildman–Crippen MR) is 64.2 cm³/mol. The Morgan fingerprint density at radius 1 is 1.31 bits per heavy atom. The summed E-state index contributed by atoms with van der Waals surface area (Å²) in [4.78, 5) is 22.0. The fraction of sp³-hybridized carbons (Fsp3) is 0.818. The molecule has 2 amide bonds. The second kappa shape index (κ2) is 8.10. The van der Waals surface area contributed by atoms with E-state index in [1.165, 1.54) is 0 Å². The Morgan fingerprint density at radius 3 is 2.38 bits per heavy atom. The van der Waals surface area contributed by atoms with Crippen molar-refractivity contribution in [2.75, 3.05) is 6.54 Å². The number of rotatable bonds is 8. The third kappa shape index (κ3) is 7.23. The lowest BCUT2D eigenvalue weighted by Crippen LogP contribution is -2.41. The van der Waals surface area contributed by atoms with Crippen LogP contribution in [0.25, 0.3) is 0 Å². The number of primary amides is 1. The van der Waals surface area contributed by atoms with Crippen molar-refractivity contribution in [3.63, 3.8) is 0 Å². The van der Waals surface area contributed by atoms with E-state index in [0.29, 0.717) is 13.0 Å². The van der Waals surface area contributed by atoms with Crippen LogP contribution in [-0.2, 0) is 4.79 Å². The molecule has 1 atom stereocenters. The van der Waals surface area contributed by atoms with Crippen LogP contribution in [-0.4, -0.2) is 30.4 Å². The summed E-state index contributed by atoms with van der Waals surface area (Å²) in [5.74, 6) is 0.216. The van der Waals surface area contributed by atoms with E-state index in [1.54, 1.807) is 0 Å². The van der Waals surface area contributed by atoms with Crippen molar-refractivity contribution < 1.29 is 9.59 Å². The molecule has 0 aliphatic rings. The van der Waals surface area contributed by atoms with E-state index in [2.05, 4.69) is 10.6 Å². The number of carbonyl (C=O) groups excluding carboxylic acids is 2. The number of amides is 2. The summed E-state index contributed by atoms with van der Waals surface area (Å²) in [5.41, 5.74) is 4.94. The van der Waals surface area contributed by atoms with Crippen LogP contribution in [0, 0.1) is 0 Å². The number of nitrogens with one attached hydrogen (secondary N) is 2. The first-order valence-corrected chi connectivity index (χ1v) is 5.79. The summed E-state index contributed by atoms with van der Waals surface area (Å²) in [6, 6.07) is -0.348. The third-order valence-corrected chi connectivity index (χ3v) is 2.24. The van der Waals surface area contributed by atoms with Crippen LogP contribution >= 0.6 is 0 Å². The number of ketones is 1. The van der Waals surface area contributed by atoms with Gasteiger partial charge in [0.2, 0.25) is 0 Å². The Morgan fingerprint density at radius 2 is 1.94 bits per heavy atom. The minimum Gasteiger partial charge on any atom is -0.352 e. The second-order valence-corrected chi connectivity index (χ2v) is 4.13. The maximum atomic E-state index is 11.6. The Labute approximate surface area is 97.2 Å². The molecule has 94 valence electrons. The molecule has 0 aliphatic carbocycles. The molecule has 0 rings (SSSR count). The molecule has 0 heterocycles. The zero-order chi connectivity index (χ0) is 12.6. The first kappa shape index (κ1) is 14.9. The monoisotopic (exact) mass is 229 g/mol. The van der Waals surface area contributed by atoms with E-state index in [9.17, 15) is 9.59 Å². The Balaban J connectivity index is 3.92. The standard InChI is InChI=1S/C11H23N3O2/c1-4-10(15)9(14-8(2)3)6-5-7-13-11(12)16/h8-9,14H,4-7H2,1-3H3,(H3,12,13,16)/t9-/m0/s1. The van der Waals surface area contributed by atoms with Gasteiger partial charge in [0.05, 0.1) is 6.04 Å². The molecule has 0 aromatic rings. The normalized spacial score (nSPS) is 12.5. The summed E-state index contributed by atoms with van der Waals surface area (Å²) in [5, 5.41) is 5.74. The van der Waals surface area contributed by atoms with Crippen LogP contribution < -0.4 is 16.4 Å². The van der Waals surface area contributed by atoms with Gasteiger partial charge in [-0.15, -0.1) is 0 Å². The van der Waals surface area contributed by atoms with Gasteiger partial charge in [-0.2, -0.15) is 0 Å². The molecule has 0 spiro atoms. The Kier molecular flexibility index (Phi) is 7.54. The highest BCUT2D eigenvalue weighted by Gasteiger charge is 2.16. The van der Waals surface area contributed by atoms with Gasteiger partial charge in [0.15, 0.2) is 0 Å². The van der Waals surface area contributed by atoms with Crippen molar-refractivity contribution in [3.05, 3.63) is 0 Å². The highest BCUT2D eigenvalue weighted by molar-refractivity contribution is 5.83. The van der Waals surface area contributed by atoms with Crippen molar-refractivity contribution >= 4 is 11.8 Å². The number of carbonyl (C=O) groups is 2. The molecule has 0 saturated carbocycles. The van der Waals surface area contributed by atoms with Gasteiger partial charge >= 0.3 is 6.03 Å². The second-order valence-electron chi connectivity index (χ2n) is 4.13. The van der Waals surface area contributed by atoms with Gasteiger partial charge in [-0.25, -0.2) is 4.79 Å². The van der Waals surface area contributed by atoms with Crippen molar-refractivity contribution in [3.8, 4) is 0 Å². The van der Waals surface area contributed by atoms with Gasteiger partial charge in [0.25, 0.3) is 0 Å². The summed E-state index contributed by atoms with van der Waals surface area (Å²) >= 11 is 0. The molecular formula is C11H23N3O2. The van der Waals surface area contributed by atoms with Crippen LogP contribution in [0.15, 0.2) is 0 Å². The molecule has 0 bridgehead atoms. The molecule has 5 nitrogen and oxygen atoms in total. The molecular weight excluding hydrogens is 206 g/mol. The summed E-state index contributed by atoms with van der Waals surface area (Å²) in [6.07, 6.45) is 2.01. The molecule has 16 heavy (non-hydrogen) atoms. The fourth-order valence-electron chi connectivity index (χ4n) is 1.50. The van der Waals surface area contributed by atoms with Gasteiger partial charge < -0.3 is 16.4 Å². The van der Waals surface area contributed by atoms with Crippen LogP contribution in [0.5, 0.6) is 0 Å². The maximum Gasteiger partial charge on any atom is 0.312 e. The predicted octanol–water partition coefficient (Wildman–Crippen LogP) is 0.781. The van der Waals surface area contributed by atoms with Gasteiger partial charge in [-0.05, 0) is 12.8 Å². The van der Waals surface area contributed by atoms with E-state index < -0.39 is 6.03 Å². The molecule has 0 aliphatic heterocycles. The summed E-state index contributed by atoms with van der Waals surface area (Å²) in [7, 11) is 0. The number of hydrogen-bond acceptors (Lipinski definition) is 3. The first-order valence-electron chi connectivity index (χ1n) is 5.79. The molecule has 0 unspecified atom stereocenters. The van der Waals surface area contributed by atoms with Gasteiger partial charge in [-0.3, -0.25) is 4.79 Å². The zero-order valence-electron chi connectivity index (χ0n) is 10.4. The van der Waals surface area contributed by atoms with Crippen LogP contribution in [0.1, 0.15) is 40.0 Å². The lowest BCUT2D eigenvalue weighted by molar-refractivity contribution is -0.121. The van der Waals surface area contributed by atoms with Crippen LogP contribution in [0.4, 0.5) is 4.79 Å². The minimum absolute atomic E-state index is 0.111. The van der Waals surface area contributed by atoms with E-state index in [1.807, 2.05) is 20.8 Å². The first-order chi connectivity index (χ1) is 7.47. The maximum absolute atomic E-state index is 11.6. The van der Waals surface area contributed by atoms with Crippen molar-refractivity contribution in [2.45, 2.75) is 52.1 Å². The van der Waals surface area contributed by atoms with Crippen LogP contribution in [0.2, 0.25) is 0 Å². The molecule has 5 heteroatoms. The SMILES string of the molecule is CCC(=O)[C@H](CCCNC(N)=O)NC(C)C.